The Kier molecular flexibility index (Phi) is 3.57. The highest BCUT2D eigenvalue weighted by molar-refractivity contribution is 6.83. The Balaban J connectivity index is 2.26. The summed E-state index contributed by atoms with van der Waals surface area (Å²) in [6.07, 6.45) is 22.7. The van der Waals surface area contributed by atoms with Gasteiger partial charge in [0.25, 0.3) is 0 Å². The minimum atomic E-state index is -1.37. The Bertz CT molecular complexity index is 358. The Morgan fingerprint density at radius 1 is 1.00 bits per heavy atom. The van der Waals surface area contributed by atoms with Crippen molar-refractivity contribution in [2.24, 2.45) is 0 Å². The van der Waals surface area contributed by atoms with E-state index >= 15 is 0 Å². The van der Waals surface area contributed by atoms with Gasteiger partial charge < -0.3 is 0 Å². The van der Waals surface area contributed by atoms with Gasteiger partial charge in [-0.25, -0.2) is 0 Å². The Morgan fingerprint density at radius 2 is 1.59 bits per heavy atom. The topological polar surface area (TPSA) is 0 Å². The van der Waals surface area contributed by atoms with Crippen LogP contribution in [0.25, 0.3) is 0 Å². The summed E-state index contributed by atoms with van der Waals surface area (Å²) in [7, 11) is -1.37. The van der Waals surface area contributed by atoms with Crippen molar-refractivity contribution in [1.82, 2.24) is 0 Å². The fourth-order valence-electron chi connectivity index (χ4n) is 3.12. The lowest BCUT2D eigenvalue weighted by molar-refractivity contribution is 0.638. The molecular formula is C16H24Si. The van der Waals surface area contributed by atoms with Gasteiger partial charge in [-0.15, -0.1) is 0 Å². The maximum Gasteiger partial charge on any atom is 0.0737 e. The van der Waals surface area contributed by atoms with Gasteiger partial charge in [0.05, 0.1) is 8.07 Å². The Labute approximate surface area is 107 Å². The second kappa shape index (κ2) is 4.81. The lowest BCUT2D eigenvalue weighted by Gasteiger charge is -2.43. The molecule has 0 unspecified atom stereocenters. The van der Waals surface area contributed by atoms with Crippen LogP contribution in [0.1, 0.15) is 26.2 Å². The first-order chi connectivity index (χ1) is 8.12. The summed E-state index contributed by atoms with van der Waals surface area (Å²) in [5, 5.41) is 0.382. The van der Waals surface area contributed by atoms with Crippen LogP contribution in [-0.2, 0) is 0 Å². The molecule has 0 saturated carbocycles. The van der Waals surface area contributed by atoms with Gasteiger partial charge in [0.15, 0.2) is 0 Å². The van der Waals surface area contributed by atoms with Crippen molar-refractivity contribution in [2.75, 3.05) is 0 Å². The van der Waals surface area contributed by atoms with Crippen LogP contribution in [0.3, 0.4) is 0 Å². The molecule has 0 nitrogen and oxygen atoms in total. The third-order valence-electron chi connectivity index (χ3n) is 4.62. The molecule has 0 saturated heterocycles. The van der Waals surface area contributed by atoms with Gasteiger partial charge >= 0.3 is 0 Å². The molecular weight excluding hydrogens is 220 g/mol. The zero-order valence-electron chi connectivity index (χ0n) is 11.3. The second-order valence-electron chi connectivity index (χ2n) is 5.88. The second-order valence-corrected chi connectivity index (χ2v) is 10.9. The molecule has 2 rings (SSSR count). The van der Waals surface area contributed by atoms with Crippen LogP contribution in [0, 0.1) is 0 Å². The van der Waals surface area contributed by atoms with E-state index in [-0.39, 0.29) is 0 Å². The van der Waals surface area contributed by atoms with Gasteiger partial charge in [-0.2, -0.15) is 0 Å². The highest BCUT2D eigenvalue weighted by Crippen LogP contribution is 2.54. The zero-order chi connectivity index (χ0) is 12.4. The molecule has 0 aromatic carbocycles. The minimum absolute atomic E-state index is 0.382. The predicted octanol–water partition coefficient (Wildman–Crippen LogP) is 5.25. The molecule has 0 radical (unpaired) electrons. The summed E-state index contributed by atoms with van der Waals surface area (Å²) in [6, 6.07) is 0. The summed E-state index contributed by atoms with van der Waals surface area (Å²) < 4.78 is 0. The molecule has 0 aromatic heterocycles. The van der Waals surface area contributed by atoms with Crippen LogP contribution in [0.5, 0.6) is 0 Å². The number of hydrogen-bond donors (Lipinski definition) is 0. The first-order valence-corrected chi connectivity index (χ1v) is 9.92. The van der Waals surface area contributed by atoms with Crippen molar-refractivity contribution in [3.05, 3.63) is 48.6 Å². The largest absolute Gasteiger partial charge is 0.0803 e. The van der Waals surface area contributed by atoms with Gasteiger partial charge in [-0.1, -0.05) is 81.5 Å². The van der Waals surface area contributed by atoms with Gasteiger partial charge in [-0.3, -0.25) is 0 Å². The zero-order valence-corrected chi connectivity index (χ0v) is 12.3. The Hall–Kier alpha value is -0.823. The van der Waals surface area contributed by atoms with E-state index in [1.807, 2.05) is 0 Å². The van der Waals surface area contributed by atoms with Crippen LogP contribution in [0.4, 0.5) is 0 Å². The SMILES string of the molecule is CCCCC1([Si](C)(C)C2C=CC=C2)C=CC=C1. The third kappa shape index (κ3) is 2.13. The van der Waals surface area contributed by atoms with Crippen LogP contribution in [0.2, 0.25) is 23.7 Å². The minimum Gasteiger partial charge on any atom is -0.0803 e. The van der Waals surface area contributed by atoms with Crippen LogP contribution in [-0.4, -0.2) is 8.07 Å². The molecule has 2 aliphatic carbocycles. The van der Waals surface area contributed by atoms with E-state index < -0.39 is 8.07 Å². The van der Waals surface area contributed by atoms with E-state index in [9.17, 15) is 0 Å². The van der Waals surface area contributed by atoms with E-state index in [2.05, 4.69) is 68.6 Å². The summed E-state index contributed by atoms with van der Waals surface area (Å²) in [4.78, 5) is 0. The first kappa shape index (κ1) is 12.6. The van der Waals surface area contributed by atoms with Crippen LogP contribution in [0.15, 0.2) is 48.6 Å². The van der Waals surface area contributed by atoms with Gasteiger partial charge in [-0.05, 0) is 12.0 Å². The molecule has 92 valence electrons. The number of allylic oxidation sites excluding steroid dienone is 8. The molecule has 0 aliphatic heterocycles. The third-order valence-corrected chi connectivity index (χ3v) is 9.66. The van der Waals surface area contributed by atoms with E-state index in [4.69, 9.17) is 0 Å². The van der Waals surface area contributed by atoms with Crippen molar-refractivity contribution >= 4 is 8.07 Å². The maximum atomic E-state index is 2.55. The van der Waals surface area contributed by atoms with Crippen LogP contribution >= 0.6 is 0 Å². The fourth-order valence-corrected chi connectivity index (χ4v) is 6.80. The highest BCUT2D eigenvalue weighted by atomic mass is 28.3. The van der Waals surface area contributed by atoms with Gasteiger partial charge in [0, 0.05) is 5.04 Å². The molecule has 1 heteroatoms. The average molecular weight is 244 g/mol. The molecule has 0 aromatic rings. The van der Waals surface area contributed by atoms with E-state index in [1.54, 1.807) is 0 Å². The predicted molar refractivity (Wildman–Crippen MR) is 80.0 cm³/mol. The molecule has 0 fully saturated rings. The monoisotopic (exact) mass is 244 g/mol. The molecule has 0 bridgehead atoms. The molecule has 0 N–H and O–H groups in total. The summed E-state index contributed by atoms with van der Waals surface area (Å²) in [5.74, 6) is 0. The average Bonchev–Trinajstić information content (AvgIpc) is 2.98. The summed E-state index contributed by atoms with van der Waals surface area (Å²) in [5.41, 5.74) is 0.701. The maximum absolute atomic E-state index is 2.55. The van der Waals surface area contributed by atoms with Gasteiger partial charge in [0.1, 0.15) is 0 Å². The molecule has 0 spiro atoms. The van der Waals surface area contributed by atoms with Crippen molar-refractivity contribution in [3.8, 4) is 0 Å². The normalized spacial score (nSPS) is 21.8. The quantitative estimate of drug-likeness (QED) is 0.580. The van der Waals surface area contributed by atoms with Crippen LogP contribution < -0.4 is 0 Å². The molecule has 2 aliphatic rings. The van der Waals surface area contributed by atoms with Crippen molar-refractivity contribution < 1.29 is 0 Å². The standard InChI is InChI=1S/C16H24Si/c1-4-5-12-16(13-8-9-14-16)17(2,3)15-10-6-7-11-15/h6-11,13-15H,4-5,12H2,1-3H3. The fraction of sp³-hybridized carbons (Fsp3) is 0.500. The van der Waals surface area contributed by atoms with E-state index in [0.29, 0.717) is 10.6 Å². The molecule has 0 amide bonds. The number of rotatable bonds is 5. The van der Waals surface area contributed by atoms with Crippen molar-refractivity contribution in [3.63, 3.8) is 0 Å². The first-order valence-electron chi connectivity index (χ1n) is 6.84. The summed E-state index contributed by atoms with van der Waals surface area (Å²) >= 11 is 0. The molecule has 17 heavy (non-hydrogen) atoms. The number of unbranched alkanes of at least 4 members (excludes halogenated alkanes) is 1. The van der Waals surface area contributed by atoms with Crippen molar-refractivity contribution in [2.45, 2.75) is 49.9 Å². The van der Waals surface area contributed by atoms with E-state index in [1.165, 1.54) is 19.3 Å². The smallest absolute Gasteiger partial charge is 0.0737 e. The molecule has 0 heterocycles. The van der Waals surface area contributed by atoms with Gasteiger partial charge in [0.2, 0.25) is 0 Å². The number of hydrogen-bond acceptors (Lipinski definition) is 0. The Morgan fingerprint density at radius 3 is 2.12 bits per heavy atom. The lowest BCUT2D eigenvalue weighted by atomic mass is 10.0. The highest BCUT2D eigenvalue weighted by Gasteiger charge is 2.47. The van der Waals surface area contributed by atoms with Crippen molar-refractivity contribution in [1.29, 1.82) is 0 Å². The lowest BCUT2D eigenvalue weighted by Crippen LogP contribution is -2.43. The summed E-state index contributed by atoms with van der Waals surface area (Å²) in [6.45, 7) is 7.39. The molecule has 0 atom stereocenters. The van der Waals surface area contributed by atoms with E-state index in [0.717, 1.165) is 0 Å².